The second-order valence-corrected chi connectivity index (χ2v) is 3.37. The van der Waals surface area contributed by atoms with Crippen molar-refractivity contribution in [3.8, 4) is 0 Å². The second-order valence-electron chi connectivity index (χ2n) is 2.23. The van der Waals surface area contributed by atoms with Gasteiger partial charge in [0, 0.05) is 14.3 Å². The summed E-state index contributed by atoms with van der Waals surface area (Å²) in [5.74, 6) is 0. The molecule has 0 radical (unpaired) electrons. The number of nitrogens with zero attached hydrogens (tertiary/aromatic N) is 3. The van der Waals surface area contributed by atoms with Crippen LogP contribution in [-0.2, 0) is 11.0 Å². The molecule has 62 valence electrons. The van der Waals surface area contributed by atoms with Crippen LogP contribution in [0.2, 0.25) is 0 Å². The lowest BCUT2D eigenvalue weighted by atomic mass is 10.2. The lowest BCUT2D eigenvalue weighted by molar-refractivity contribution is 0.684. The molecular formula is C7H7N3OS. The molecule has 1 unspecified atom stereocenters. The van der Waals surface area contributed by atoms with Gasteiger partial charge in [0.15, 0.2) is 0 Å². The van der Waals surface area contributed by atoms with Gasteiger partial charge in [0.05, 0.1) is 0 Å². The van der Waals surface area contributed by atoms with E-state index in [1.807, 2.05) is 19.1 Å². The van der Waals surface area contributed by atoms with E-state index in [4.69, 9.17) is 5.53 Å². The zero-order valence-electron chi connectivity index (χ0n) is 6.47. The Bertz CT molecular complexity index is 340. The Kier molecular flexibility index (Phi) is 2.85. The monoisotopic (exact) mass is 181 g/mol. The second kappa shape index (κ2) is 3.90. The van der Waals surface area contributed by atoms with Crippen molar-refractivity contribution in [1.82, 2.24) is 0 Å². The molecule has 0 spiro atoms. The van der Waals surface area contributed by atoms with Crippen LogP contribution in [0.4, 0.5) is 0 Å². The number of benzene rings is 1. The zero-order chi connectivity index (χ0) is 8.97. The van der Waals surface area contributed by atoms with Gasteiger partial charge in [-0.2, -0.15) is 0 Å². The normalized spacial score (nSPS) is 11.8. The van der Waals surface area contributed by atoms with Gasteiger partial charge in [-0.1, -0.05) is 17.7 Å². The van der Waals surface area contributed by atoms with E-state index in [-0.39, 0.29) is 0 Å². The minimum absolute atomic E-state index is 0.526. The summed E-state index contributed by atoms with van der Waals surface area (Å²) >= 11 is 0. The fourth-order valence-electron chi connectivity index (χ4n) is 0.735. The molecule has 0 N–H and O–H groups in total. The van der Waals surface area contributed by atoms with Crippen LogP contribution in [0.25, 0.3) is 10.4 Å². The van der Waals surface area contributed by atoms with Gasteiger partial charge in [-0.3, -0.25) is 0 Å². The lowest BCUT2D eigenvalue weighted by Gasteiger charge is -1.94. The van der Waals surface area contributed by atoms with Crippen molar-refractivity contribution in [3.05, 3.63) is 40.3 Å². The molecule has 0 amide bonds. The highest BCUT2D eigenvalue weighted by atomic mass is 32.2. The molecule has 0 aliphatic heterocycles. The Morgan fingerprint density at radius 1 is 1.42 bits per heavy atom. The van der Waals surface area contributed by atoms with E-state index >= 15 is 0 Å². The smallest absolute Gasteiger partial charge is 0.144 e. The van der Waals surface area contributed by atoms with E-state index < -0.39 is 11.0 Å². The summed E-state index contributed by atoms with van der Waals surface area (Å²) in [6.45, 7) is 1.93. The molecule has 1 aromatic rings. The van der Waals surface area contributed by atoms with Crippen molar-refractivity contribution < 1.29 is 4.21 Å². The molecular weight excluding hydrogens is 174 g/mol. The third-order valence-electron chi connectivity index (χ3n) is 1.33. The van der Waals surface area contributed by atoms with Crippen molar-refractivity contribution in [2.75, 3.05) is 0 Å². The summed E-state index contributed by atoms with van der Waals surface area (Å²) in [6, 6.07) is 7.00. The first kappa shape index (κ1) is 8.77. The summed E-state index contributed by atoms with van der Waals surface area (Å²) in [4.78, 5) is 2.99. The van der Waals surface area contributed by atoms with Gasteiger partial charge in [-0.05, 0) is 24.6 Å². The zero-order valence-corrected chi connectivity index (χ0v) is 7.28. The van der Waals surface area contributed by atoms with Crippen LogP contribution in [0.1, 0.15) is 5.56 Å². The average molecular weight is 181 g/mol. The molecule has 0 aromatic heterocycles. The van der Waals surface area contributed by atoms with Crippen molar-refractivity contribution in [2.24, 2.45) is 4.52 Å². The maximum absolute atomic E-state index is 11.0. The van der Waals surface area contributed by atoms with Gasteiger partial charge < -0.3 is 0 Å². The van der Waals surface area contributed by atoms with Crippen LogP contribution < -0.4 is 0 Å². The predicted molar refractivity (Wildman–Crippen MR) is 46.7 cm³/mol. The first-order chi connectivity index (χ1) is 5.74. The minimum atomic E-state index is -1.58. The van der Waals surface area contributed by atoms with Crippen molar-refractivity contribution in [3.63, 3.8) is 0 Å². The van der Waals surface area contributed by atoms with Crippen molar-refractivity contribution in [1.29, 1.82) is 0 Å². The molecule has 0 heterocycles. The maximum Gasteiger partial charge on any atom is 0.144 e. The molecule has 0 saturated heterocycles. The topological polar surface area (TPSA) is 65.8 Å². The molecule has 0 aliphatic rings. The number of hydrogen-bond acceptors (Lipinski definition) is 1. The minimum Gasteiger partial charge on any atom is -0.247 e. The molecule has 4 nitrogen and oxygen atoms in total. The summed E-state index contributed by atoms with van der Waals surface area (Å²) in [5.41, 5.74) is 9.10. The highest BCUT2D eigenvalue weighted by molar-refractivity contribution is 7.83. The predicted octanol–water partition coefficient (Wildman–Crippen LogP) is 2.33. The fourth-order valence-corrected chi connectivity index (χ4v) is 1.26. The number of rotatable bonds is 2. The fraction of sp³-hybridized carbons (Fsp3) is 0.143. The van der Waals surface area contributed by atoms with Crippen LogP contribution in [0, 0.1) is 6.92 Å². The van der Waals surface area contributed by atoms with Crippen LogP contribution >= 0.6 is 0 Å². The van der Waals surface area contributed by atoms with Gasteiger partial charge in [0.1, 0.15) is 11.0 Å². The van der Waals surface area contributed by atoms with Gasteiger partial charge in [-0.15, -0.1) is 0 Å². The quantitative estimate of drug-likeness (QED) is 0.392. The molecule has 1 rings (SSSR count). The van der Waals surface area contributed by atoms with Gasteiger partial charge >= 0.3 is 0 Å². The molecule has 5 heteroatoms. The third-order valence-corrected chi connectivity index (χ3v) is 2.23. The number of hydrogen-bond donors (Lipinski definition) is 0. The van der Waals surface area contributed by atoms with Crippen LogP contribution in [0.15, 0.2) is 33.7 Å². The van der Waals surface area contributed by atoms with Crippen LogP contribution in [0.3, 0.4) is 0 Å². The largest absolute Gasteiger partial charge is 0.247 e. The Morgan fingerprint density at radius 3 is 2.50 bits per heavy atom. The Morgan fingerprint density at radius 2 is 2.00 bits per heavy atom. The van der Waals surface area contributed by atoms with Crippen LogP contribution in [0.5, 0.6) is 0 Å². The van der Waals surface area contributed by atoms with E-state index in [0.717, 1.165) is 5.56 Å². The van der Waals surface area contributed by atoms with E-state index in [1.54, 1.807) is 12.1 Å². The number of azide groups is 1. The summed E-state index contributed by atoms with van der Waals surface area (Å²) in [6.07, 6.45) is 0. The molecule has 0 fully saturated rings. The lowest BCUT2D eigenvalue weighted by Crippen LogP contribution is -1.84. The highest BCUT2D eigenvalue weighted by Crippen LogP contribution is 2.08. The summed E-state index contributed by atoms with van der Waals surface area (Å²) in [5, 5.41) is 0. The van der Waals surface area contributed by atoms with Gasteiger partial charge in [0.2, 0.25) is 0 Å². The van der Waals surface area contributed by atoms with E-state index in [0.29, 0.717) is 4.90 Å². The van der Waals surface area contributed by atoms with Crippen molar-refractivity contribution >= 4 is 11.0 Å². The third kappa shape index (κ3) is 2.08. The van der Waals surface area contributed by atoms with E-state index in [9.17, 15) is 4.21 Å². The average Bonchev–Trinajstić information content (AvgIpc) is 2.06. The molecule has 0 aliphatic carbocycles. The SMILES string of the molecule is Cc1ccc(S(=O)N=[N+]=[N-])cc1. The molecule has 1 atom stereocenters. The Balaban J connectivity index is 2.97. The maximum atomic E-state index is 11.0. The van der Waals surface area contributed by atoms with Crippen LogP contribution in [-0.4, -0.2) is 4.21 Å². The first-order valence-electron chi connectivity index (χ1n) is 3.27. The van der Waals surface area contributed by atoms with E-state index in [2.05, 4.69) is 9.43 Å². The Labute approximate surface area is 72.4 Å². The van der Waals surface area contributed by atoms with Gasteiger partial charge in [0.25, 0.3) is 0 Å². The molecule has 1 aromatic carbocycles. The van der Waals surface area contributed by atoms with E-state index in [1.165, 1.54) is 0 Å². The molecule has 0 bridgehead atoms. The highest BCUT2D eigenvalue weighted by Gasteiger charge is 1.98. The first-order valence-corrected chi connectivity index (χ1v) is 4.38. The standard InChI is InChI=1S/C7H7N3OS/c1-6-2-4-7(5-3-6)12(11)10-9-8/h2-5H,1H3. The molecule has 0 saturated carbocycles. The summed E-state index contributed by atoms with van der Waals surface area (Å²) in [7, 11) is -1.58. The number of aryl methyl sites for hydroxylation is 1. The summed E-state index contributed by atoms with van der Waals surface area (Å²) < 4.78 is 14.1. The Hall–Kier alpha value is -1.32. The van der Waals surface area contributed by atoms with Crippen molar-refractivity contribution in [2.45, 2.75) is 11.8 Å². The molecule has 12 heavy (non-hydrogen) atoms. The van der Waals surface area contributed by atoms with Gasteiger partial charge in [-0.25, -0.2) is 4.21 Å².